The van der Waals surface area contributed by atoms with Crippen LogP contribution in [0.2, 0.25) is 10.0 Å². The summed E-state index contributed by atoms with van der Waals surface area (Å²) >= 11 is 18.0. The SMILES string of the molecule is CC1(C)[C@H](C(=O)OCc2c(Cl)c(F)cc(F)c2Cl)[C@@H]1C=C(Br)Br. The fraction of sp³-hybridized carbons (Fsp3) is 0.400. The first-order valence-electron chi connectivity index (χ1n) is 6.58. The first-order chi connectivity index (χ1) is 10.6. The number of hydrogen-bond donors (Lipinski definition) is 0. The Morgan fingerprint density at radius 2 is 1.83 bits per heavy atom. The van der Waals surface area contributed by atoms with Crippen LogP contribution in [0.4, 0.5) is 8.78 Å². The van der Waals surface area contributed by atoms with Gasteiger partial charge in [0.05, 0.1) is 19.4 Å². The van der Waals surface area contributed by atoms with Crippen molar-refractivity contribution in [3.63, 3.8) is 0 Å². The van der Waals surface area contributed by atoms with Gasteiger partial charge >= 0.3 is 5.97 Å². The summed E-state index contributed by atoms with van der Waals surface area (Å²) in [7, 11) is 0. The first kappa shape index (κ1) is 19.2. The topological polar surface area (TPSA) is 26.3 Å². The Hall–Kier alpha value is -0.170. The molecule has 0 unspecified atom stereocenters. The molecule has 8 heteroatoms. The van der Waals surface area contributed by atoms with Gasteiger partial charge in [0, 0.05) is 11.6 Å². The number of esters is 1. The molecule has 0 amide bonds. The van der Waals surface area contributed by atoms with E-state index >= 15 is 0 Å². The molecular weight excluding hydrogens is 481 g/mol. The van der Waals surface area contributed by atoms with Gasteiger partial charge in [-0.1, -0.05) is 43.1 Å². The number of carbonyl (C=O) groups is 1. The lowest BCUT2D eigenvalue weighted by Gasteiger charge is -2.10. The van der Waals surface area contributed by atoms with E-state index in [0.29, 0.717) is 6.07 Å². The van der Waals surface area contributed by atoms with Crippen molar-refractivity contribution in [3.05, 3.63) is 42.8 Å². The predicted molar refractivity (Wildman–Crippen MR) is 92.9 cm³/mol. The van der Waals surface area contributed by atoms with Gasteiger partial charge in [-0.3, -0.25) is 4.79 Å². The summed E-state index contributed by atoms with van der Waals surface area (Å²) in [6.45, 7) is 3.49. The quantitative estimate of drug-likeness (QED) is 0.368. The molecule has 0 aliphatic heterocycles. The van der Waals surface area contributed by atoms with Crippen molar-refractivity contribution in [3.8, 4) is 0 Å². The van der Waals surface area contributed by atoms with Gasteiger partial charge in [-0.15, -0.1) is 0 Å². The van der Waals surface area contributed by atoms with Crippen molar-refractivity contribution in [2.45, 2.75) is 20.5 Å². The van der Waals surface area contributed by atoms with E-state index in [-0.39, 0.29) is 39.5 Å². The molecule has 1 aromatic carbocycles. The molecule has 0 bridgehead atoms. The predicted octanol–water partition coefficient (Wildman–Crippen LogP) is 6.22. The van der Waals surface area contributed by atoms with Crippen LogP contribution in [0, 0.1) is 28.9 Å². The Labute approximate surface area is 159 Å². The number of ether oxygens (including phenoxy) is 1. The molecule has 0 radical (unpaired) electrons. The summed E-state index contributed by atoms with van der Waals surface area (Å²) in [5.74, 6) is -2.71. The average molecular weight is 493 g/mol. The Morgan fingerprint density at radius 3 is 2.30 bits per heavy atom. The van der Waals surface area contributed by atoms with E-state index in [1.807, 2.05) is 19.9 Å². The third-order valence-corrected chi connectivity index (χ3v) is 5.38. The average Bonchev–Trinajstić information content (AvgIpc) is 2.96. The van der Waals surface area contributed by atoms with E-state index < -0.39 is 17.6 Å². The minimum Gasteiger partial charge on any atom is -0.460 e. The second kappa shape index (κ2) is 6.98. The van der Waals surface area contributed by atoms with Gasteiger partial charge < -0.3 is 4.74 Å². The summed E-state index contributed by atoms with van der Waals surface area (Å²) in [4.78, 5) is 12.2. The third-order valence-electron chi connectivity index (χ3n) is 4.03. The molecule has 1 aromatic rings. The zero-order valence-corrected chi connectivity index (χ0v) is 16.8. The summed E-state index contributed by atoms with van der Waals surface area (Å²) in [6, 6.07) is 0.592. The number of hydrogen-bond acceptors (Lipinski definition) is 2. The maximum absolute atomic E-state index is 13.5. The van der Waals surface area contributed by atoms with Crippen LogP contribution in [0.25, 0.3) is 0 Å². The lowest BCUT2D eigenvalue weighted by atomic mass is 10.1. The van der Waals surface area contributed by atoms with E-state index in [9.17, 15) is 13.6 Å². The molecule has 1 aliphatic carbocycles. The molecule has 23 heavy (non-hydrogen) atoms. The molecule has 0 N–H and O–H groups in total. The van der Waals surface area contributed by atoms with Crippen molar-refractivity contribution < 1.29 is 18.3 Å². The molecule has 0 aromatic heterocycles. The van der Waals surface area contributed by atoms with Crippen LogP contribution in [0.5, 0.6) is 0 Å². The molecule has 1 aliphatic rings. The smallest absolute Gasteiger partial charge is 0.310 e. The number of rotatable bonds is 4. The van der Waals surface area contributed by atoms with Crippen LogP contribution in [-0.4, -0.2) is 5.97 Å². The number of allylic oxidation sites excluding steroid dienone is 1. The van der Waals surface area contributed by atoms with Crippen molar-refractivity contribution in [1.82, 2.24) is 0 Å². The normalized spacial score (nSPS) is 21.7. The van der Waals surface area contributed by atoms with Crippen LogP contribution >= 0.6 is 55.1 Å². The molecular formula is C15H12Br2Cl2F2O2. The molecule has 126 valence electrons. The number of carbonyl (C=O) groups excluding carboxylic acids is 1. The largest absolute Gasteiger partial charge is 0.460 e. The fourth-order valence-electron chi connectivity index (χ4n) is 2.56. The summed E-state index contributed by atoms with van der Waals surface area (Å²) in [5, 5.41) is -0.696. The molecule has 2 nitrogen and oxygen atoms in total. The van der Waals surface area contributed by atoms with Gasteiger partial charge in [0.15, 0.2) is 0 Å². The molecule has 2 rings (SSSR count). The second-order valence-electron chi connectivity index (χ2n) is 5.84. The zero-order chi connectivity index (χ0) is 17.5. The highest BCUT2D eigenvalue weighted by molar-refractivity contribution is 9.28. The molecule has 0 spiro atoms. The van der Waals surface area contributed by atoms with Crippen LogP contribution in [0.3, 0.4) is 0 Å². The van der Waals surface area contributed by atoms with Gasteiger partial charge in [-0.25, -0.2) is 8.78 Å². The highest BCUT2D eigenvalue weighted by atomic mass is 79.9. The first-order valence-corrected chi connectivity index (χ1v) is 8.93. The molecule has 0 heterocycles. The van der Waals surface area contributed by atoms with Gasteiger partial charge in [-0.05, 0) is 43.2 Å². The Morgan fingerprint density at radius 1 is 1.30 bits per heavy atom. The Bertz CT molecular complexity index is 662. The molecule has 0 saturated heterocycles. The van der Waals surface area contributed by atoms with E-state index in [1.54, 1.807) is 0 Å². The van der Waals surface area contributed by atoms with Gasteiger partial charge in [0.1, 0.15) is 18.2 Å². The lowest BCUT2D eigenvalue weighted by Crippen LogP contribution is -2.11. The highest BCUT2D eigenvalue weighted by Crippen LogP contribution is 2.60. The standard InChI is InChI=1S/C15H12Br2Cl2F2O2/c1-15(2)7(3-10(16)17)11(15)14(22)23-5-6-12(18)8(20)4-9(21)13(6)19/h3-4,7,11H,5H2,1-2H3/t7-,11-/m0/s1. The highest BCUT2D eigenvalue weighted by Gasteiger charge is 2.61. The number of halogens is 6. The van der Waals surface area contributed by atoms with Gasteiger partial charge in [0.25, 0.3) is 0 Å². The maximum atomic E-state index is 13.5. The molecule has 2 atom stereocenters. The lowest BCUT2D eigenvalue weighted by molar-refractivity contribution is -0.147. The zero-order valence-electron chi connectivity index (χ0n) is 12.1. The van der Waals surface area contributed by atoms with E-state index in [0.717, 1.165) is 3.39 Å². The van der Waals surface area contributed by atoms with Crippen LogP contribution < -0.4 is 0 Å². The van der Waals surface area contributed by atoms with Crippen molar-refractivity contribution >= 4 is 61.0 Å². The van der Waals surface area contributed by atoms with Gasteiger partial charge in [0.2, 0.25) is 0 Å². The molecule has 1 fully saturated rings. The van der Waals surface area contributed by atoms with Crippen molar-refractivity contribution in [2.75, 3.05) is 0 Å². The van der Waals surface area contributed by atoms with Crippen molar-refractivity contribution in [2.24, 2.45) is 17.3 Å². The maximum Gasteiger partial charge on any atom is 0.310 e. The minimum absolute atomic E-state index is 0.000982. The minimum atomic E-state index is -0.949. The monoisotopic (exact) mass is 490 g/mol. The van der Waals surface area contributed by atoms with Crippen LogP contribution in [-0.2, 0) is 16.1 Å². The summed E-state index contributed by atoms with van der Waals surface area (Å²) in [5.41, 5.74) is -0.337. The fourth-order valence-corrected chi connectivity index (χ4v) is 3.58. The summed E-state index contributed by atoms with van der Waals surface area (Å²) < 4.78 is 32.8. The third kappa shape index (κ3) is 3.91. The van der Waals surface area contributed by atoms with Gasteiger partial charge in [-0.2, -0.15) is 0 Å². The van der Waals surface area contributed by atoms with Crippen LogP contribution in [0.1, 0.15) is 19.4 Å². The Balaban J connectivity index is 2.11. The van der Waals surface area contributed by atoms with Crippen molar-refractivity contribution in [1.29, 1.82) is 0 Å². The van der Waals surface area contributed by atoms with Crippen LogP contribution in [0.15, 0.2) is 15.5 Å². The van der Waals surface area contributed by atoms with E-state index in [4.69, 9.17) is 27.9 Å². The number of benzene rings is 1. The van der Waals surface area contributed by atoms with E-state index in [2.05, 4.69) is 31.9 Å². The summed E-state index contributed by atoms with van der Waals surface area (Å²) in [6.07, 6.45) is 1.87. The molecule has 1 saturated carbocycles. The second-order valence-corrected chi connectivity index (χ2v) is 9.36. The Kier molecular flexibility index (Phi) is 5.82. The van der Waals surface area contributed by atoms with E-state index in [1.165, 1.54) is 0 Å².